The largest absolute Gasteiger partial charge is 0.399 e. The first-order valence-corrected chi connectivity index (χ1v) is 7.75. The first-order chi connectivity index (χ1) is 10.7. The molecule has 0 bridgehead atoms. The zero-order chi connectivity index (χ0) is 15.1. The first-order valence-electron chi connectivity index (χ1n) is 7.75. The Hall–Kier alpha value is -2.35. The molecule has 4 rings (SSSR count). The van der Waals surface area contributed by atoms with E-state index in [1.54, 1.807) is 0 Å². The van der Waals surface area contributed by atoms with Crippen LogP contribution in [-0.2, 0) is 19.3 Å². The van der Waals surface area contributed by atoms with Crippen molar-refractivity contribution >= 4 is 11.5 Å². The normalized spacial score (nSPS) is 18.7. The zero-order valence-corrected chi connectivity index (χ0v) is 12.4. The van der Waals surface area contributed by atoms with Crippen LogP contribution in [0.25, 0.3) is 0 Å². The average Bonchev–Trinajstić information content (AvgIpc) is 3.29. The molecule has 109 valence electrons. The third-order valence-electron chi connectivity index (χ3n) is 4.58. The summed E-state index contributed by atoms with van der Waals surface area (Å²) in [6.45, 7) is 0. The molecule has 1 unspecified atom stereocenters. The van der Waals surface area contributed by atoms with Crippen molar-refractivity contribution in [3.8, 4) is 0 Å². The summed E-state index contributed by atoms with van der Waals surface area (Å²) in [6, 6.07) is 14.3. The first kappa shape index (κ1) is 13.3. The number of Topliss-reactive ketones (excluding diaryl/α,β-unsaturated/α-hetero) is 1. The van der Waals surface area contributed by atoms with E-state index in [9.17, 15) is 4.79 Å². The van der Waals surface area contributed by atoms with Crippen molar-refractivity contribution < 1.29 is 4.79 Å². The lowest BCUT2D eigenvalue weighted by atomic mass is 9.95. The number of rotatable bonds is 4. The number of carbonyl (C=O) groups excluding carboxylic acids is 1. The van der Waals surface area contributed by atoms with Crippen molar-refractivity contribution in [1.82, 2.24) is 0 Å². The van der Waals surface area contributed by atoms with Crippen LogP contribution in [0.5, 0.6) is 0 Å². The van der Waals surface area contributed by atoms with E-state index in [-0.39, 0.29) is 5.78 Å². The van der Waals surface area contributed by atoms with E-state index in [1.165, 1.54) is 16.7 Å². The molecule has 0 aromatic heterocycles. The maximum absolute atomic E-state index is 11.9. The predicted octanol–water partition coefficient (Wildman–Crippen LogP) is 3.55. The smallest absolute Gasteiger partial charge is 0.189 e. The second kappa shape index (κ2) is 5.13. The van der Waals surface area contributed by atoms with Gasteiger partial charge in [0.2, 0.25) is 0 Å². The van der Waals surface area contributed by atoms with Crippen LogP contribution in [0.1, 0.15) is 27.0 Å². The molecule has 2 aromatic carbocycles. The summed E-state index contributed by atoms with van der Waals surface area (Å²) in [6.07, 6.45) is 6.99. The molecule has 0 spiro atoms. The molecule has 22 heavy (non-hydrogen) atoms. The summed E-state index contributed by atoms with van der Waals surface area (Å²) in [7, 11) is 0. The molecule has 0 fully saturated rings. The van der Waals surface area contributed by atoms with Gasteiger partial charge in [0, 0.05) is 23.2 Å². The minimum atomic E-state index is 0.135. The van der Waals surface area contributed by atoms with Gasteiger partial charge in [-0.15, -0.1) is 0 Å². The van der Waals surface area contributed by atoms with E-state index in [0.717, 1.165) is 36.1 Å². The quantitative estimate of drug-likeness (QED) is 0.690. The molecule has 2 aromatic rings. The second-order valence-electron chi connectivity index (χ2n) is 6.32. The Morgan fingerprint density at radius 1 is 1.05 bits per heavy atom. The number of benzene rings is 2. The highest BCUT2D eigenvalue weighted by Gasteiger charge is 2.22. The molecular weight excluding hydrogens is 270 g/mol. The van der Waals surface area contributed by atoms with Gasteiger partial charge in [-0.05, 0) is 54.0 Å². The van der Waals surface area contributed by atoms with Crippen LogP contribution < -0.4 is 5.73 Å². The molecule has 0 amide bonds. The Labute approximate surface area is 130 Å². The third kappa shape index (κ3) is 2.57. The number of nitrogen functional groups attached to an aromatic ring is 1. The summed E-state index contributed by atoms with van der Waals surface area (Å²) in [5, 5.41) is 0. The number of anilines is 1. The summed E-state index contributed by atoms with van der Waals surface area (Å²) < 4.78 is 0. The summed E-state index contributed by atoms with van der Waals surface area (Å²) in [4.78, 5) is 11.9. The number of nitrogens with two attached hydrogens (primary N) is 1. The van der Waals surface area contributed by atoms with Gasteiger partial charge in [-0.25, -0.2) is 0 Å². The molecule has 2 aliphatic rings. The fourth-order valence-corrected chi connectivity index (χ4v) is 3.36. The molecule has 1 atom stereocenters. The van der Waals surface area contributed by atoms with Gasteiger partial charge in [0.05, 0.1) is 0 Å². The molecule has 2 N–H and O–H groups in total. The highest BCUT2D eigenvalue weighted by molar-refractivity contribution is 6.13. The van der Waals surface area contributed by atoms with E-state index in [1.807, 2.05) is 30.7 Å². The van der Waals surface area contributed by atoms with Crippen LogP contribution in [0.15, 0.2) is 54.1 Å². The van der Waals surface area contributed by atoms with Crippen LogP contribution in [0.4, 0.5) is 5.69 Å². The van der Waals surface area contributed by atoms with Gasteiger partial charge in [-0.2, -0.15) is 0 Å². The Bertz CT molecular complexity index is 771. The van der Waals surface area contributed by atoms with Crippen LogP contribution >= 0.6 is 0 Å². The molecular formula is C20H18NO. The number of carbonyl (C=O) groups is 1. The number of hydrogen-bond donors (Lipinski definition) is 1. The van der Waals surface area contributed by atoms with E-state index < -0.39 is 0 Å². The molecule has 1 radical (unpaired) electrons. The van der Waals surface area contributed by atoms with Gasteiger partial charge in [0.25, 0.3) is 0 Å². The van der Waals surface area contributed by atoms with Crippen molar-refractivity contribution in [1.29, 1.82) is 0 Å². The molecule has 0 saturated heterocycles. The van der Waals surface area contributed by atoms with E-state index in [2.05, 4.69) is 24.3 Å². The summed E-state index contributed by atoms with van der Waals surface area (Å²) in [5.41, 5.74) is 12.5. The van der Waals surface area contributed by atoms with Gasteiger partial charge in [-0.3, -0.25) is 4.79 Å². The molecule has 2 aliphatic carbocycles. The third-order valence-corrected chi connectivity index (χ3v) is 4.58. The van der Waals surface area contributed by atoms with Crippen LogP contribution in [0.2, 0.25) is 0 Å². The molecule has 2 nitrogen and oxygen atoms in total. The highest BCUT2D eigenvalue weighted by atomic mass is 16.1. The molecule has 0 saturated carbocycles. The number of fused-ring (bicyclic) bond motifs is 1. The lowest BCUT2D eigenvalue weighted by Gasteiger charge is -2.09. The van der Waals surface area contributed by atoms with Gasteiger partial charge in [-0.1, -0.05) is 36.4 Å². The Morgan fingerprint density at radius 2 is 1.77 bits per heavy atom. The van der Waals surface area contributed by atoms with Gasteiger partial charge in [0.15, 0.2) is 5.78 Å². The molecule has 2 heteroatoms. The molecule has 0 heterocycles. The van der Waals surface area contributed by atoms with Crippen LogP contribution in [-0.4, -0.2) is 5.78 Å². The topological polar surface area (TPSA) is 43.1 Å². The fourth-order valence-electron chi connectivity index (χ4n) is 3.36. The van der Waals surface area contributed by atoms with Gasteiger partial charge in [0.1, 0.15) is 0 Å². The van der Waals surface area contributed by atoms with Crippen molar-refractivity contribution in [2.45, 2.75) is 19.3 Å². The number of ketones is 1. The van der Waals surface area contributed by atoms with Gasteiger partial charge < -0.3 is 5.73 Å². The average molecular weight is 288 g/mol. The number of hydrogen-bond acceptors (Lipinski definition) is 2. The minimum absolute atomic E-state index is 0.135. The molecule has 0 aliphatic heterocycles. The van der Waals surface area contributed by atoms with Gasteiger partial charge >= 0.3 is 0 Å². The summed E-state index contributed by atoms with van der Waals surface area (Å²) >= 11 is 0. The van der Waals surface area contributed by atoms with E-state index in [0.29, 0.717) is 5.92 Å². The SMILES string of the molecule is Nc1ccc2c(c1)CC(Cc1ccc(C(=O)C3=C[CH]3)cc1)C2. The predicted molar refractivity (Wildman–Crippen MR) is 88.6 cm³/mol. The van der Waals surface area contributed by atoms with Crippen molar-refractivity contribution in [3.63, 3.8) is 0 Å². The lowest BCUT2D eigenvalue weighted by molar-refractivity contribution is 0.104. The van der Waals surface area contributed by atoms with Crippen molar-refractivity contribution in [3.05, 3.63) is 82.8 Å². The Morgan fingerprint density at radius 3 is 2.50 bits per heavy atom. The maximum atomic E-state index is 11.9. The number of allylic oxidation sites excluding steroid dienone is 2. The van der Waals surface area contributed by atoms with E-state index >= 15 is 0 Å². The highest BCUT2D eigenvalue weighted by Crippen LogP contribution is 2.30. The second-order valence-corrected chi connectivity index (χ2v) is 6.32. The van der Waals surface area contributed by atoms with Crippen LogP contribution in [0, 0.1) is 12.3 Å². The van der Waals surface area contributed by atoms with Crippen molar-refractivity contribution in [2.75, 3.05) is 5.73 Å². The fraction of sp³-hybridized carbons (Fsp3) is 0.200. The summed E-state index contributed by atoms with van der Waals surface area (Å²) in [5.74, 6) is 0.771. The minimum Gasteiger partial charge on any atom is -0.399 e. The Balaban J connectivity index is 1.44. The van der Waals surface area contributed by atoms with Crippen molar-refractivity contribution in [2.24, 2.45) is 5.92 Å². The van der Waals surface area contributed by atoms with Crippen LogP contribution in [0.3, 0.4) is 0 Å². The lowest BCUT2D eigenvalue weighted by Crippen LogP contribution is -2.04. The zero-order valence-electron chi connectivity index (χ0n) is 12.4. The maximum Gasteiger partial charge on any atom is 0.189 e. The van der Waals surface area contributed by atoms with E-state index in [4.69, 9.17) is 5.73 Å². The Kier molecular flexibility index (Phi) is 3.11. The monoisotopic (exact) mass is 288 g/mol. The standard InChI is InChI=1S/C20H18NO/c21-19-8-7-17-10-14(11-18(17)12-19)9-13-1-3-15(4-2-13)20(22)16-5-6-16/h1-8,12,14H,9-11,21H2.